The average molecular weight is 400 g/mol. The number of rotatable bonds is 5. The molecule has 0 unspecified atom stereocenters. The van der Waals surface area contributed by atoms with Gasteiger partial charge in [-0.1, -0.05) is 12.1 Å². The molecule has 2 N–H and O–H groups in total. The predicted octanol–water partition coefficient (Wildman–Crippen LogP) is 2.57. The summed E-state index contributed by atoms with van der Waals surface area (Å²) in [6.45, 7) is -0.383. The van der Waals surface area contributed by atoms with Gasteiger partial charge in [0.2, 0.25) is 5.91 Å². The average Bonchev–Trinajstić information content (AvgIpc) is 3.01. The van der Waals surface area contributed by atoms with Crippen LogP contribution in [0.5, 0.6) is 0 Å². The van der Waals surface area contributed by atoms with E-state index < -0.39 is 17.7 Å². The van der Waals surface area contributed by atoms with E-state index in [1.807, 2.05) is 0 Å². The van der Waals surface area contributed by atoms with Crippen LogP contribution in [-0.2, 0) is 4.79 Å². The molecule has 0 aliphatic carbocycles. The normalized spacial score (nSPS) is 12.5. The fourth-order valence-corrected chi connectivity index (χ4v) is 3.06. The Kier molecular flexibility index (Phi) is 5.04. The van der Waals surface area contributed by atoms with Crippen molar-refractivity contribution in [3.8, 4) is 0 Å². The summed E-state index contributed by atoms with van der Waals surface area (Å²) in [4.78, 5) is 54.0. The van der Waals surface area contributed by atoms with Crippen molar-refractivity contribution in [2.45, 2.75) is 0 Å². The van der Waals surface area contributed by atoms with Crippen molar-refractivity contribution < 1.29 is 19.2 Å². The molecule has 0 fully saturated rings. The molecule has 0 atom stereocenters. The van der Waals surface area contributed by atoms with Crippen LogP contribution in [0.1, 0.15) is 31.1 Å². The number of imide groups is 1. The highest BCUT2D eigenvalue weighted by Crippen LogP contribution is 2.22. The van der Waals surface area contributed by atoms with E-state index in [0.29, 0.717) is 28.1 Å². The number of benzene rings is 2. The quantitative estimate of drug-likeness (QED) is 0.640. The van der Waals surface area contributed by atoms with Crippen molar-refractivity contribution in [2.75, 3.05) is 17.2 Å². The minimum Gasteiger partial charge on any atom is -0.325 e. The van der Waals surface area contributed by atoms with Gasteiger partial charge in [-0.15, -0.1) is 0 Å². The second-order valence-electron chi connectivity index (χ2n) is 6.56. The van der Waals surface area contributed by atoms with Crippen LogP contribution >= 0.6 is 0 Å². The lowest BCUT2D eigenvalue weighted by Gasteiger charge is -2.14. The van der Waals surface area contributed by atoms with Gasteiger partial charge in [0.1, 0.15) is 6.54 Å². The highest BCUT2D eigenvalue weighted by atomic mass is 16.2. The van der Waals surface area contributed by atoms with Crippen LogP contribution in [0.15, 0.2) is 73.1 Å². The summed E-state index contributed by atoms with van der Waals surface area (Å²) in [6.07, 6.45) is 3.04. The lowest BCUT2D eigenvalue weighted by Crippen LogP contribution is -2.37. The minimum absolute atomic E-state index is 0.295. The Labute approximate surface area is 171 Å². The van der Waals surface area contributed by atoms with Gasteiger partial charge in [0.25, 0.3) is 17.7 Å². The first-order valence-electron chi connectivity index (χ1n) is 9.09. The summed E-state index contributed by atoms with van der Waals surface area (Å²) in [5, 5.41) is 5.37. The van der Waals surface area contributed by atoms with E-state index in [1.54, 1.807) is 66.9 Å². The molecule has 4 rings (SSSR count). The summed E-state index contributed by atoms with van der Waals surface area (Å²) in [7, 11) is 0. The fourth-order valence-electron chi connectivity index (χ4n) is 3.06. The Morgan fingerprint density at radius 1 is 0.800 bits per heavy atom. The van der Waals surface area contributed by atoms with E-state index in [4.69, 9.17) is 0 Å². The topological polar surface area (TPSA) is 108 Å². The molecule has 0 radical (unpaired) electrons. The lowest BCUT2D eigenvalue weighted by molar-refractivity contribution is -0.116. The first-order chi connectivity index (χ1) is 14.5. The number of hydrogen-bond donors (Lipinski definition) is 2. The third-order valence-electron chi connectivity index (χ3n) is 4.53. The maximum Gasteiger partial charge on any atom is 0.262 e. The molecule has 0 saturated heterocycles. The molecule has 2 heterocycles. The van der Waals surface area contributed by atoms with Crippen molar-refractivity contribution >= 4 is 35.0 Å². The van der Waals surface area contributed by atoms with Gasteiger partial charge in [-0.3, -0.25) is 29.1 Å². The molecular formula is C22H16N4O4. The summed E-state index contributed by atoms with van der Waals surface area (Å²) < 4.78 is 0. The van der Waals surface area contributed by atoms with E-state index in [-0.39, 0.29) is 12.5 Å². The molecule has 0 saturated carbocycles. The van der Waals surface area contributed by atoms with Gasteiger partial charge in [0.15, 0.2) is 0 Å². The number of carbonyl (C=O) groups is 4. The number of nitrogens with zero attached hydrogens (tertiary/aromatic N) is 2. The van der Waals surface area contributed by atoms with Crippen molar-refractivity contribution in [2.24, 2.45) is 0 Å². The zero-order chi connectivity index (χ0) is 21.1. The first kappa shape index (κ1) is 19.0. The summed E-state index contributed by atoms with van der Waals surface area (Å²) in [5.74, 6) is -1.78. The Balaban J connectivity index is 1.36. The lowest BCUT2D eigenvalue weighted by atomic mass is 10.1. The van der Waals surface area contributed by atoms with Crippen molar-refractivity contribution in [1.82, 2.24) is 9.88 Å². The molecule has 1 aliphatic heterocycles. The molecule has 1 aromatic heterocycles. The summed E-state index contributed by atoms with van der Waals surface area (Å²) >= 11 is 0. The van der Waals surface area contributed by atoms with Crippen LogP contribution in [0.3, 0.4) is 0 Å². The number of nitrogens with one attached hydrogen (secondary N) is 2. The number of carbonyl (C=O) groups excluding carboxylic acids is 4. The molecule has 3 aromatic rings. The molecular weight excluding hydrogens is 384 g/mol. The van der Waals surface area contributed by atoms with Gasteiger partial charge in [-0.25, -0.2) is 0 Å². The largest absolute Gasteiger partial charge is 0.325 e. The molecule has 8 heteroatoms. The molecule has 8 nitrogen and oxygen atoms in total. The van der Waals surface area contributed by atoms with Crippen LogP contribution in [0.4, 0.5) is 11.4 Å². The van der Waals surface area contributed by atoms with Crippen LogP contribution < -0.4 is 10.6 Å². The molecule has 0 spiro atoms. The zero-order valence-electron chi connectivity index (χ0n) is 15.7. The summed E-state index contributed by atoms with van der Waals surface area (Å²) in [6, 6.07) is 16.3. The van der Waals surface area contributed by atoms with Crippen LogP contribution in [-0.4, -0.2) is 40.1 Å². The number of fused-ring (bicyclic) bond motifs is 1. The Morgan fingerprint density at radius 2 is 1.40 bits per heavy atom. The van der Waals surface area contributed by atoms with E-state index in [9.17, 15) is 19.2 Å². The molecule has 1 aliphatic rings. The van der Waals surface area contributed by atoms with E-state index in [2.05, 4.69) is 15.6 Å². The Morgan fingerprint density at radius 3 is 1.97 bits per heavy atom. The van der Waals surface area contributed by atoms with Gasteiger partial charge < -0.3 is 10.6 Å². The predicted molar refractivity (Wildman–Crippen MR) is 109 cm³/mol. The number of amides is 4. The van der Waals surface area contributed by atoms with Crippen LogP contribution in [0.25, 0.3) is 0 Å². The zero-order valence-corrected chi connectivity index (χ0v) is 15.7. The monoisotopic (exact) mass is 400 g/mol. The SMILES string of the molecule is O=C(CN1C(=O)c2ccccc2C1=O)Nc1ccc(NC(=O)c2cccnc2)cc1. The number of pyridine rings is 1. The minimum atomic E-state index is -0.503. The summed E-state index contributed by atoms with van der Waals surface area (Å²) in [5.41, 5.74) is 2.03. The highest BCUT2D eigenvalue weighted by Gasteiger charge is 2.36. The maximum atomic E-state index is 12.3. The molecule has 4 amide bonds. The van der Waals surface area contributed by atoms with Gasteiger partial charge >= 0.3 is 0 Å². The van der Waals surface area contributed by atoms with E-state index >= 15 is 0 Å². The van der Waals surface area contributed by atoms with Crippen molar-refractivity contribution in [1.29, 1.82) is 0 Å². The van der Waals surface area contributed by atoms with Gasteiger partial charge in [0.05, 0.1) is 16.7 Å². The number of anilines is 2. The van der Waals surface area contributed by atoms with E-state index in [0.717, 1.165) is 4.90 Å². The second-order valence-corrected chi connectivity index (χ2v) is 6.56. The third-order valence-corrected chi connectivity index (χ3v) is 4.53. The number of aromatic nitrogens is 1. The maximum absolute atomic E-state index is 12.3. The fraction of sp³-hybridized carbons (Fsp3) is 0.0455. The standard InChI is InChI=1S/C22H16N4O4/c27-19(13-26-21(29)17-5-1-2-6-18(17)22(26)30)24-15-7-9-16(10-8-15)25-20(28)14-4-3-11-23-12-14/h1-12H,13H2,(H,24,27)(H,25,28). The van der Waals surface area contributed by atoms with Crippen LogP contribution in [0.2, 0.25) is 0 Å². The van der Waals surface area contributed by atoms with Gasteiger partial charge in [-0.05, 0) is 48.5 Å². The van der Waals surface area contributed by atoms with Gasteiger partial charge in [0, 0.05) is 23.8 Å². The molecule has 0 bridgehead atoms. The third kappa shape index (κ3) is 3.79. The highest BCUT2D eigenvalue weighted by molar-refractivity contribution is 6.22. The first-order valence-corrected chi connectivity index (χ1v) is 9.09. The Bertz CT molecular complexity index is 1110. The Hall–Kier alpha value is -4.33. The van der Waals surface area contributed by atoms with Crippen molar-refractivity contribution in [3.63, 3.8) is 0 Å². The van der Waals surface area contributed by atoms with Crippen LogP contribution in [0, 0.1) is 0 Å². The molecule has 30 heavy (non-hydrogen) atoms. The smallest absolute Gasteiger partial charge is 0.262 e. The van der Waals surface area contributed by atoms with Crippen molar-refractivity contribution in [3.05, 3.63) is 89.7 Å². The second kappa shape index (κ2) is 7.96. The molecule has 2 aromatic carbocycles. The number of hydrogen-bond acceptors (Lipinski definition) is 5. The van der Waals surface area contributed by atoms with E-state index in [1.165, 1.54) is 6.20 Å². The van der Waals surface area contributed by atoms with Gasteiger partial charge in [-0.2, -0.15) is 0 Å². The molecule has 148 valence electrons.